The fourth-order valence-electron chi connectivity index (χ4n) is 2.41. The van der Waals surface area contributed by atoms with E-state index in [9.17, 15) is 4.79 Å². The largest absolute Gasteiger partial charge is 0.492 e. The summed E-state index contributed by atoms with van der Waals surface area (Å²) < 4.78 is 5.78. The van der Waals surface area contributed by atoms with Gasteiger partial charge in [-0.1, -0.05) is 43.7 Å². The Labute approximate surface area is 149 Å². The Kier molecular flexibility index (Phi) is 7.30. The number of hydrogen-bond acceptors (Lipinski definition) is 2. The van der Waals surface area contributed by atoms with Crippen molar-refractivity contribution >= 4 is 23.1 Å². The lowest BCUT2D eigenvalue weighted by Gasteiger charge is -2.18. The minimum absolute atomic E-state index is 0.0789. The summed E-state index contributed by atoms with van der Waals surface area (Å²) in [6, 6.07) is 5.77. The normalized spacial score (nSPS) is 16.2. The highest BCUT2D eigenvalue weighted by atomic mass is 35.5. The van der Waals surface area contributed by atoms with Gasteiger partial charge in [-0.05, 0) is 50.1 Å². The molecule has 0 saturated carbocycles. The van der Waals surface area contributed by atoms with Crippen LogP contribution in [0.3, 0.4) is 0 Å². The minimum Gasteiger partial charge on any atom is -0.492 e. The summed E-state index contributed by atoms with van der Waals surface area (Å²) in [6.07, 6.45) is 6.96. The highest BCUT2D eigenvalue weighted by molar-refractivity contribution is 6.30. The number of benzene rings is 1. The molecule has 130 valence electrons. The second-order valence-corrected chi connectivity index (χ2v) is 6.91. The van der Waals surface area contributed by atoms with Gasteiger partial charge in [0.25, 0.3) is 0 Å². The van der Waals surface area contributed by atoms with Crippen molar-refractivity contribution in [3.63, 3.8) is 0 Å². The molecule has 1 aromatic rings. The van der Waals surface area contributed by atoms with E-state index in [1.165, 1.54) is 11.6 Å². The zero-order chi connectivity index (χ0) is 18.3. The van der Waals surface area contributed by atoms with Crippen LogP contribution < -0.4 is 4.74 Å². The Morgan fingerprint density at radius 1 is 1.38 bits per heavy atom. The van der Waals surface area contributed by atoms with Crippen molar-refractivity contribution in [2.45, 2.75) is 34.6 Å². The number of carboxylic acids is 1. The van der Waals surface area contributed by atoms with Gasteiger partial charge in [0.2, 0.25) is 0 Å². The summed E-state index contributed by atoms with van der Waals surface area (Å²) in [5.41, 5.74) is 3.17. The molecule has 0 saturated heterocycles. The molecule has 0 radical (unpaired) electrons. The second kappa shape index (κ2) is 8.74. The molecular formula is C20H25ClO3. The van der Waals surface area contributed by atoms with Gasteiger partial charge in [0.05, 0.1) is 6.61 Å². The summed E-state index contributed by atoms with van der Waals surface area (Å²) in [5.74, 6) is 0.0318. The number of halogens is 1. The van der Waals surface area contributed by atoms with Crippen molar-refractivity contribution in [1.29, 1.82) is 0 Å². The molecule has 0 unspecified atom stereocenters. The maximum Gasteiger partial charge on any atom is 0.328 e. The van der Waals surface area contributed by atoms with E-state index in [0.717, 1.165) is 21.9 Å². The Hall–Kier alpha value is -2.00. The monoisotopic (exact) mass is 348 g/mol. The highest BCUT2D eigenvalue weighted by Gasteiger charge is 2.21. The third-order valence-corrected chi connectivity index (χ3v) is 3.59. The predicted molar refractivity (Wildman–Crippen MR) is 101 cm³/mol. The van der Waals surface area contributed by atoms with E-state index in [4.69, 9.17) is 21.4 Å². The Morgan fingerprint density at radius 2 is 2.04 bits per heavy atom. The average molecular weight is 349 g/mol. The lowest BCUT2D eigenvalue weighted by Crippen LogP contribution is -2.17. The summed E-state index contributed by atoms with van der Waals surface area (Å²) in [4.78, 5) is 9.97. The molecule has 0 spiro atoms. The third kappa shape index (κ3) is 6.63. The van der Waals surface area contributed by atoms with Crippen LogP contribution in [-0.4, -0.2) is 17.7 Å². The molecule has 1 aromatic carbocycles. The maximum atomic E-state index is 9.97. The first kappa shape index (κ1) is 20.0. The molecular weight excluding hydrogens is 324 g/mol. The van der Waals surface area contributed by atoms with E-state index >= 15 is 0 Å². The maximum absolute atomic E-state index is 9.97. The summed E-state index contributed by atoms with van der Waals surface area (Å²) in [5, 5.41) is 8.95. The number of carbonyl (C=O) groups is 1. The SMILES string of the molecule is C/C=C/C(C)=C/C(=O)O.CC1=CC(C)(C)COc2ccc(Cl)cc21. The average Bonchev–Trinajstić information content (AvgIpc) is 2.55. The predicted octanol–water partition coefficient (Wildman–Crippen LogP) is 5.76. The second-order valence-electron chi connectivity index (χ2n) is 6.47. The van der Waals surface area contributed by atoms with Gasteiger partial charge in [-0.15, -0.1) is 0 Å². The molecule has 1 aliphatic heterocycles. The van der Waals surface area contributed by atoms with Gasteiger partial charge in [-0.3, -0.25) is 0 Å². The molecule has 0 amide bonds. The minimum atomic E-state index is -0.898. The van der Waals surface area contributed by atoms with Gasteiger partial charge < -0.3 is 9.84 Å². The molecule has 24 heavy (non-hydrogen) atoms. The van der Waals surface area contributed by atoms with Gasteiger partial charge in [-0.25, -0.2) is 4.79 Å². The van der Waals surface area contributed by atoms with Crippen molar-refractivity contribution in [3.8, 4) is 5.75 Å². The molecule has 0 aliphatic carbocycles. The molecule has 0 aromatic heterocycles. The van der Waals surface area contributed by atoms with Gasteiger partial charge in [0.1, 0.15) is 5.75 Å². The van der Waals surface area contributed by atoms with Crippen LogP contribution in [-0.2, 0) is 4.79 Å². The first-order valence-electron chi connectivity index (χ1n) is 7.81. The van der Waals surface area contributed by atoms with Crippen LogP contribution in [0.25, 0.3) is 5.57 Å². The highest BCUT2D eigenvalue weighted by Crippen LogP contribution is 2.35. The quantitative estimate of drug-likeness (QED) is 0.546. The van der Waals surface area contributed by atoms with E-state index in [0.29, 0.717) is 6.61 Å². The lowest BCUT2D eigenvalue weighted by molar-refractivity contribution is -0.131. The number of allylic oxidation sites excluding steroid dienone is 4. The molecule has 1 aliphatic rings. The summed E-state index contributed by atoms with van der Waals surface area (Å²) in [6.45, 7) is 10.7. The van der Waals surface area contributed by atoms with Gasteiger partial charge in [0, 0.05) is 22.1 Å². The summed E-state index contributed by atoms with van der Waals surface area (Å²) in [7, 11) is 0. The van der Waals surface area contributed by atoms with E-state index in [2.05, 4.69) is 26.8 Å². The Balaban J connectivity index is 0.000000277. The summed E-state index contributed by atoms with van der Waals surface area (Å²) >= 11 is 5.98. The fraction of sp³-hybridized carbons (Fsp3) is 0.350. The molecule has 1 N–H and O–H groups in total. The van der Waals surface area contributed by atoms with Gasteiger partial charge in [-0.2, -0.15) is 0 Å². The van der Waals surface area contributed by atoms with Crippen molar-refractivity contribution in [3.05, 3.63) is 58.7 Å². The molecule has 0 fully saturated rings. The van der Waals surface area contributed by atoms with Crippen LogP contribution in [0.15, 0.2) is 48.1 Å². The van der Waals surface area contributed by atoms with Crippen LogP contribution in [0.1, 0.15) is 40.2 Å². The number of carboxylic acid groups (broad SMARTS) is 1. The van der Waals surface area contributed by atoms with E-state index in [-0.39, 0.29) is 5.41 Å². The topological polar surface area (TPSA) is 46.5 Å². The van der Waals surface area contributed by atoms with Crippen LogP contribution in [0.4, 0.5) is 0 Å². The van der Waals surface area contributed by atoms with E-state index in [1.807, 2.05) is 25.1 Å². The van der Waals surface area contributed by atoms with Crippen LogP contribution in [0.5, 0.6) is 5.75 Å². The standard InChI is InChI=1S/C13H15ClO.C7H10O2/c1-9-7-13(2,3)8-15-12-5-4-10(14)6-11(9)12;1-3-4-6(2)5-7(8)9/h4-7H,8H2,1-3H3;3-5H,1-2H3,(H,8,9)/b;4-3+,6-5+. The van der Waals surface area contributed by atoms with Gasteiger partial charge in [0.15, 0.2) is 0 Å². The van der Waals surface area contributed by atoms with E-state index in [1.54, 1.807) is 19.1 Å². The third-order valence-electron chi connectivity index (χ3n) is 3.35. The first-order chi connectivity index (χ1) is 11.1. The van der Waals surface area contributed by atoms with Crippen LogP contribution in [0.2, 0.25) is 5.02 Å². The molecule has 2 rings (SSSR count). The fourth-order valence-corrected chi connectivity index (χ4v) is 2.58. The van der Waals surface area contributed by atoms with Crippen molar-refractivity contribution in [2.24, 2.45) is 5.41 Å². The molecule has 3 nitrogen and oxygen atoms in total. The van der Waals surface area contributed by atoms with Crippen LogP contribution >= 0.6 is 11.6 Å². The molecule has 4 heteroatoms. The zero-order valence-corrected chi connectivity index (χ0v) is 15.6. The molecule has 1 heterocycles. The smallest absolute Gasteiger partial charge is 0.328 e. The molecule has 0 atom stereocenters. The first-order valence-corrected chi connectivity index (χ1v) is 8.18. The number of fused-ring (bicyclic) bond motifs is 1. The number of rotatable bonds is 2. The number of ether oxygens (including phenoxy) is 1. The molecule has 0 bridgehead atoms. The van der Waals surface area contributed by atoms with E-state index < -0.39 is 5.97 Å². The lowest BCUT2D eigenvalue weighted by atomic mass is 9.91. The Morgan fingerprint density at radius 3 is 2.62 bits per heavy atom. The number of hydrogen-bond donors (Lipinski definition) is 1. The van der Waals surface area contributed by atoms with Crippen molar-refractivity contribution in [2.75, 3.05) is 6.61 Å². The van der Waals surface area contributed by atoms with Crippen molar-refractivity contribution < 1.29 is 14.6 Å². The Bertz CT molecular complexity index is 682. The van der Waals surface area contributed by atoms with Crippen LogP contribution in [0, 0.1) is 5.41 Å². The van der Waals surface area contributed by atoms with Gasteiger partial charge >= 0.3 is 5.97 Å². The van der Waals surface area contributed by atoms with Crippen molar-refractivity contribution in [1.82, 2.24) is 0 Å². The zero-order valence-electron chi connectivity index (χ0n) is 14.9. The number of aliphatic carboxylic acids is 1.